The number of hydrogen-bond donors (Lipinski definition) is 1. The summed E-state index contributed by atoms with van der Waals surface area (Å²) >= 11 is 0. The predicted octanol–water partition coefficient (Wildman–Crippen LogP) is 2.19. The first-order valence-electron chi connectivity index (χ1n) is 6.99. The van der Waals surface area contributed by atoms with E-state index in [0.717, 1.165) is 23.8 Å². The summed E-state index contributed by atoms with van der Waals surface area (Å²) in [4.78, 5) is 11.5. The van der Waals surface area contributed by atoms with E-state index < -0.39 is 0 Å². The molecule has 1 aromatic heterocycles. The Morgan fingerprint density at radius 3 is 2.56 bits per heavy atom. The van der Waals surface area contributed by atoms with Crippen LogP contribution < -0.4 is 10.6 Å². The van der Waals surface area contributed by atoms with Gasteiger partial charge in [-0.05, 0) is 26.7 Å². The van der Waals surface area contributed by atoms with E-state index >= 15 is 0 Å². The Kier molecular flexibility index (Phi) is 4.53. The number of nitrogens with two attached hydrogens (primary N) is 1. The molecule has 0 unspecified atom stereocenters. The number of rotatable bonds is 4. The van der Waals surface area contributed by atoms with Gasteiger partial charge in [0.25, 0.3) is 0 Å². The lowest BCUT2D eigenvalue weighted by Gasteiger charge is -2.35. The van der Waals surface area contributed by atoms with Gasteiger partial charge in [0, 0.05) is 19.1 Å². The molecule has 0 spiro atoms. The van der Waals surface area contributed by atoms with Crippen LogP contribution in [0, 0.1) is 13.8 Å². The van der Waals surface area contributed by atoms with E-state index in [1.807, 2.05) is 20.0 Å². The highest BCUT2D eigenvalue weighted by atomic mass is 15.2. The Bertz CT molecular complexity index is 385. The lowest BCUT2D eigenvalue weighted by atomic mass is 9.94. The minimum absolute atomic E-state index is 0.596. The lowest BCUT2D eigenvalue weighted by Crippen LogP contribution is -2.40. The molecule has 1 aliphatic carbocycles. The number of nitrogens with zero attached hydrogens (tertiary/aromatic N) is 3. The fourth-order valence-corrected chi connectivity index (χ4v) is 2.68. The van der Waals surface area contributed by atoms with Crippen molar-refractivity contribution in [1.29, 1.82) is 0 Å². The fraction of sp³-hybridized carbons (Fsp3) is 0.714. The standard InChI is InChI=1S/C14H24N4/c1-11-12(2)17-14(10-16-11)18(9-8-15)13-6-4-3-5-7-13/h10,13H,3-9,15H2,1-2H3. The third-order valence-electron chi connectivity index (χ3n) is 3.86. The van der Waals surface area contributed by atoms with Crippen LogP contribution in [-0.2, 0) is 0 Å². The second-order valence-electron chi connectivity index (χ2n) is 5.17. The molecule has 0 atom stereocenters. The molecule has 18 heavy (non-hydrogen) atoms. The van der Waals surface area contributed by atoms with Gasteiger partial charge in [0.1, 0.15) is 5.82 Å². The summed E-state index contributed by atoms with van der Waals surface area (Å²) in [5.41, 5.74) is 7.78. The molecule has 1 saturated carbocycles. The Balaban J connectivity index is 2.19. The van der Waals surface area contributed by atoms with Gasteiger partial charge in [0.15, 0.2) is 0 Å². The third kappa shape index (κ3) is 2.99. The minimum atomic E-state index is 0.596. The molecule has 1 fully saturated rings. The molecular formula is C14H24N4. The van der Waals surface area contributed by atoms with Crippen LogP contribution in [0.4, 0.5) is 5.82 Å². The number of hydrogen-bond acceptors (Lipinski definition) is 4. The Morgan fingerprint density at radius 1 is 1.22 bits per heavy atom. The molecule has 100 valence electrons. The van der Waals surface area contributed by atoms with Crippen molar-refractivity contribution in [2.45, 2.75) is 52.0 Å². The van der Waals surface area contributed by atoms with Crippen LogP contribution in [-0.4, -0.2) is 29.1 Å². The highest BCUT2D eigenvalue weighted by Crippen LogP contribution is 2.26. The maximum atomic E-state index is 5.75. The first kappa shape index (κ1) is 13.3. The second kappa shape index (κ2) is 6.14. The zero-order valence-electron chi connectivity index (χ0n) is 11.5. The molecule has 0 amide bonds. The molecule has 1 aliphatic rings. The molecule has 0 aromatic carbocycles. The maximum Gasteiger partial charge on any atom is 0.147 e. The molecule has 0 radical (unpaired) electrons. The minimum Gasteiger partial charge on any atom is -0.351 e. The van der Waals surface area contributed by atoms with Crippen molar-refractivity contribution >= 4 is 5.82 Å². The van der Waals surface area contributed by atoms with Gasteiger partial charge in [-0.15, -0.1) is 0 Å². The van der Waals surface area contributed by atoms with Crippen molar-refractivity contribution in [1.82, 2.24) is 9.97 Å². The summed E-state index contributed by atoms with van der Waals surface area (Å²) in [6, 6.07) is 0.596. The Morgan fingerprint density at radius 2 is 1.94 bits per heavy atom. The van der Waals surface area contributed by atoms with Crippen LogP contribution in [0.3, 0.4) is 0 Å². The van der Waals surface area contributed by atoms with Crippen LogP contribution in [0.25, 0.3) is 0 Å². The van der Waals surface area contributed by atoms with E-state index in [0.29, 0.717) is 12.6 Å². The maximum absolute atomic E-state index is 5.75. The van der Waals surface area contributed by atoms with Crippen LogP contribution in [0.2, 0.25) is 0 Å². The summed E-state index contributed by atoms with van der Waals surface area (Å²) in [5, 5.41) is 0. The van der Waals surface area contributed by atoms with Crippen LogP contribution in [0.1, 0.15) is 43.5 Å². The Labute approximate surface area is 110 Å². The highest BCUT2D eigenvalue weighted by molar-refractivity contribution is 5.39. The fourth-order valence-electron chi connectivity index (χ4n) is 2.68. The summed E-state index contributed by atoms with van der Waals surface area (Å²) in [6.45, 7) is 5.57. The molecule has 0 aliphatic heterocycles. The van der Waals surface area contributed by atoms with Gasteiger partial charge in [-0.3, -0.25) is 4.98 Å². The molecule has 1 aromatic rings. The smallest absolute Gasteiger partial charge is 0.147 e. The number of aromatic nitrogens is 2. The molecule has 4 heteroatoms. The van der Waals surface area contributed by atoms with E-state index in [2.05, 4.69) is 14.9 Å². The number of aryl methyl sites for hydroxylation is 2. The predicted molar refractivity (Wildman–Crippen MR) is 74.8 cm³/mol. The van der Waals surface area contributed by atoms with Gasteiger partial charge >= 0.3 is 0 Å². The summed E-state index contributed by atoms with van der Waals surface area (Å²) in [7, 11) is 0. The molecular weight excluding hydrogens is 224 g/mol. The van der Waals surface area contributed by atoms with Crippen molar-refractivity contribution in [2.24, 2.45) is 5.73 Å². The van der Waals surface area contributed by atoms with Gasteiger partial charge in [-0.2, -0.15) is 0 Å². The topological polar surface area (TPSA) is 55.0 Å². The van der Waals surface area contributed by atoms with Crippen LogP contribution in [0.15, 0.2) is 6.20 Å². The van der Waals surface area contributed by atoms with Gasteiger partial charge in [-0.1, -0.05) is 19.3 Å². The van der Waals surface area contributed by atoms with E-state index in [1.54, 1.807) is 0 Å². The van der Waals surface area contributed by atoms with Gasteiger partial charge in [-0.25, -0.2) is 4.98 Å². The summed E-state index contributed by atoms with van der Waals surface area (Å²) in [6.07, 6.45) is 8.43. The Hall–Kier alpha value is -1.16. The normalized spacial score (nSPS) is 16.8. The van der Waals surface area contributed by atoms with E-state index in [1.165, 1.54) is 32.1 Å². The van der Waals surface area contributed by atoms with Gasteiger partial charge in [0.05, 0.1) is 17.6 Å². The average molecular weight is 248 g/mol. The second-order valence-corrected chi connectivity index (χ2v) is 5.17. The molecule has 1 heterocycles. The third-order valence-corrected chi connectivity index (χ3v) is 3.86. The van der Waals surface area contributed by atoms with Crippen molar-refractivity contribution < 1.29 is 0 Å². The number of anilines is 1. The van der Waals surface area contributed by atoms with Gasteiger partial charge in [0.2, 0.25) is 0 Å². The van der Waals surface area contributed by atoms with Crippen molar-refractivity contribution in [3.63, 3.8) is 0 Å². The molecule has 2 rings (SSSR count). The average Bonchev–Trinajstić information content (AvgIpc) is 2.40. The molecule has 4 nitrogen and oxygen atoms in total. The van der Waals surface area contributed by atoms with Crippen molar-refractivity contribution in [3.8, 4) is 0 Å². The van der Waals surface area contributed by atoms with E-state index in [9.17, 15) is 0 Å². The quantitative estimate of drug-likeness (QED) is 0.887. The SMILES string of the molecule is Cc1ncc(N(CCN)C2CCCCC2)nc1C. The monoisotopic (exact) mass is 248 g/mol. The largest absolute Gasteiger partial charge is 0.351 e. The first-order valence-corrected chi connectivity index (χ1v) is 6.99. The molecule has 2 N–H and O–H groups in total. The van der Waals surface area contributed by atoms with E-state index in [-0.39, 0.29) is 0 Å². The summed E-state index contributed by atoms with van der Waals surface area (Å²) < 4.78 is 0. The van der Waals surface area contributed by atoms with Crippen LogP contribution in [0.5, 0.6) is 0 Å². The first-order chi connectivity index (χ1) is 8.72. The highest BCUT2D eigenvalue weighted by Gasteiger charge is 2.22. The van der Waals surface area contributed by atoms with Gasteiger partial charge < -0.3 is 10.6 Å². The summed E-state index contributed by atoms with van der Waals surface area (Å²) in [5.74, 6) is 0.996. The lowest BCUT2D eigenvalue weighted by molar-refractivity contribution is 0.413. The van der Waals surface area contributed by atoms with E-state index in [4.69, 9.17) is 5.73 Å². The van der Waals surface area contributed by atoms with Crippen LogP contribution >= 0.6 is 0 Å². The zero-order valence-corrected chi connectivity index (χ0v) is 11.5. The van der Waals surface area contributed by atoms with Crippen molar-refractivity contribution in [3.05, 3.63) is 17.6 Å². The zero-order chi connectivity index (χ0) is 13.0. The molecule has 0 bridgehead atoms. The van der Waals surface area contributed by atoms with Crippen molar-refractivity contribution in [2.75, 3.05) is 18.0 Å². The molecule has 0 saturated heterocycles.